The van der Waals surface area contributed by atoms with Gasteiger partial charge in [-0.25, -0.2) is 0 Å². The van der Waals surface area contributed by atoms with Crippen LogP contribution in [-0.2, 0) is 11.3 Å². The van der Waals surface area contributed by atoms with Crippen LogP contribution < -0.4 is 11.1 Å². The van der Waals surface area contributed by atoms with Crippen LogP contribution in [0.2, 0.25) is 0 Å². The molecule has 1 rings (SSSR count). The average molecular weight is 220 g/mol. The van der Waals surface area contributed by atoms with Gasteiger partial charge in [0.2, 0.25) is 5.91 Å². The molecule has 1 aromatic carbocycles. The molecular formula is C13H20N2O. The maximum absolute atomic E-state index is 11.7. The molecule has 0 heterocycles. The highest BCUT2D eigenvalue weighted by atomic mass is 16.2. The van der Waals surface area contributed by atoms with Gasteiger partial charge in [-0.3, -0.25) is 4.79 Å². The highest BCUT2D eigenvalue weighted by Crippen LogP contribution is 2.05. The topological polar surface area (TPSA) is 55.1 Å². The summed E-state index contributed by atoms with van der Waals surface area (Å²) in [6.45, 7) is 4.57. The Bertz CT molecular complexity index is 324. The number of hydrogen-bond acceptors (Lipinski definition) is 2. The second kappa shape index (κ2) is 6.28. The van der Waals surface area contributed by atoms with Crippen molar-refractivity contribution in [2.75, 3.05) is 0 Å². The molecule has 1 amide bonds. The Balaban J connectivity index is 2.41. The normalized spacial score (nSPS) is 14.2. The van der Waals surface area contributed by atoms with Gasteiger partial charge in [-0.15, -0.1) is 0 Å². The number of carbonyl (C=O) groups excluding carboxylic acids is 1. The summed E-state index contributed by atoms with van der Waals surface area (Å²) in [5.74, 6) is 0.147. The molecule has 0 saturated carbocycles. The van der Waals surface area contributed by atoms with E-state index in [0.29, 0.717) is 6.54 Å². The third-order valence-corrected chi connectivity index (χ3v) is 2.87. The standard InChI is InChI=1S/C13H20N2O/c1-3-10(2)12(14)13(16)15-9-11-7-5-4-6-8-11/h4-8,10,12H,3,9,14H2,1-2H3,(H,15,16). The van der Waals surface area contributed by atoms with Crippen molar-refractivity contribution in [2.24, 2.45) is 11.7 Å². The average Bonchev–Trinajstić information content (AvgIpc) is 2.35. The predicted molar refractivity (Wildman–Crippen MR) is 65.7 cm³/mol. The lowest BCUT2D eigenvalue weighted by Gasteiger charge is -2.17. The molecule has 0 aliphatic heterocycles. The second-order valence-electron chi connectivity index (χ2n) is 4.11. The van der Waals surface area contributed by atoms with Crippen molar-refractivity contribution in [1.82, 2.24) is 5.32 Å². The number of hydrogen-bond donors (Lipinski definition) is 2. The highest BCUT2D eigenvalue weighted by molar-refractivity contribution is 5.81. The molecule has 0 aliphatic carbocycles. The summed E-state index contributed by atoms with van der Waals surface area (Å²) in [6, 6.07) is 9.42. The van der Waals surface area contributed by atoms with Crippen molar-refractivity contribution in [1.29, 1.82) is 0 Å². The van der Waals surface area contributed by atoms with E-state index in [1.807, 2.05) is 44.2 Å². The number of nitrogens with one attached hydrogen (secondary N) is 1. The van der Waals surface area contributed by atoms with E-state index in [2.05, 4.69) is 5.32 Å². The molecule has 0 saturated heterocycles. The van der Waals surface area contributed by atoms with Crippen LogP contribution in [-0.4, -0.2) is 11.9 Å². The lowest BCUT2D eigenvalue weighted by atomic mass is 9.99. The first kappa shape index (κ1) is 12.7. The quantitative estimate of drug-likeness (QED) is 0.793. The van der Waals surface area contributed by atoms with E-state index in [-0.39, 0.29) is 11.8 Å². The number of rotatable bonds is 5. The van der Waals surface area contributed by atoms with Crippen LogP contribution in [0.5, 0.6) is 0 Å². The second-order valence-corrected chi connectivity index (χ2v) is 4.11. The van der Waals surface area contributed by atoms with E-state index in [4.69, 9.17) is 5.73 Å². The lowest BCUT2D eigenvalue weighted by Crippen LogP contribution is -2.44. The Hall–Kier alpha value is -1.35. The fourth-order valence-corrected chi connectivity index (χ4v) is 1.42. The molecule has 3 heteroatoms. The summed E-state index contributed by atoms with van der Waals surface area (Å²) in [7, 11) is 0. The fourth-order valence-electron chi connectivity index (χ4n) is 1.42. The minimum absolute atomic E-state index is 0.0711. The smallest absolute Gasteiger partial charge is 0.237 e. The summed E-state index contributed by atoms with van der Waals surface area (Å²) < 4.78 is 0. The molecule has 16 heavy (non-hydrogen) atoms. The van der Waals surface area contributed by atoms with Crippen LogP contribution in [0.25, 0.3) is 0 Å². The van der Waals surface area contributed by atoms with Gasteiger partial charge < -0.3 is 11.1 Å². The van der Waals surface area contributed by atoms with Crippen LogP contribution in [0.4, 0.5) is 0 Å². The number of benzene rings is 1. The van der Waals surface area contributed by atoms with E-state index in [0.717, 1.165) is 12.0 Å². The SMILES string of the molecule is CCC(C)C(N)C(=O)NCc1ccccc1. The first-order valence-corrected chi connectivity index (χ1v) is 5.72. The van der Waals surface area contributed by atoms with Gasteiger partial charge in [0, 0.05) is 6.54 Å². The summed E-state index contributed by atoms with van der Waals surface area (Å²) in [4.78, 5) is 11.7. The molecule has 0 spiro atoms. The largest absolute Gasteiger partial charge is 0.351 e. The van der Waals surface area contributed by atoms with Gasteiger partial charge in [0.05, 0.1) is 6.04 Å². The minimum atomic E-state index is -0.409. The molecule has 0 aromatic heterocycles. The number of nitrogens with two attached hydrogens (primary N) is 1. The van der Waals surface area contributed by atoms with Gasteiger partial charge in [0.25, 0.3) is 0 Å². The molecule has 1 aromatic rings. The Morgan fingerprint density at radius 2 is 2.00 bits per heavy atom. The number of carbonyl (C=O) groups is 1. The van der Waals surface area contributed by atoms with Gasteiger partial charge in [-0.05, 0) is 11.5 Å². The highest BCUT2D eigenvalue weighted by Gasteiger charge is 2.18. The van der Waals surface area contributed by atoms with Crippen LogP contribution in [0.3, 0.4) is 0 Å². The van der Waals surface area contributed by atoms with Gasteiger partial charge in [0.1, 0.15) is 0 Å². The first-order valence-electron chi connectivity index (χ1n) is 5.72. The third kappa shape index (κ3) is 3.66. The molecule has 0 bridgehead atoms. The van der Waals surface area contributed by atoms with Crippen LogP contribution in [0, 0.1) is 5.92 Å². The van der Waals surface area contributed by atoms with E-state index in [1.54, 1.807) is 0 Å². The van der Waals surface area contributed by atoms with E-state index >= 15 is 0 Å². The monoisotopic (exact) mass is 220 g/mol. The molecular weight excluding hydrogens is 200 g/mol. The molecule has 0 radical (unpaired) electrons. The maximum Gasteiger partial charge on any atom is 0.237 e. The Labute approximate surface area is 97.0 Å². The molecule has 88 valence electrons. The minimum Gasteiger partial charge on any atom is -0.351 e. The van der Waals surface area contributed by atoms with Crippen molar-refractivity contribution in [3.05, 3.63) is 35.9 Å². The first-order chi connectivity index (χ1) is 7.65. The molecule has 2 atom stereocenters. The molecule has 3 N–H and O–H groups in total. The van der Waals surface area contributed by atoms with Crippen molar-refractivity contribution in [2.45, 2.75) is 32.9 Å². The molecule has 0 aliphatic rings. The van der Waals surface area contributed by atoms with Gasteiger partial charge in [-0.2, -0.15) is 0 Å². The lowest BCUT2D eigenvalue weighted by molar-refractivity contribution is -0.123. The fraction of sp³-hybridized carbons (Fsp3) is 0.462. The summed E-state index contributed by atoms with van der Waals surface area (Å²) in [6.07, 6.45) is 0.917. The maximum atomic E-state index is 11.7. The third-order valence-electron chi connectivity index (χ3n) is 2.87. The van der Waals surface area contributed by atoms with Gasteiger partial charge in [0.15, 0.2) is 0 Å². The van der Waals surface area contributed by atoms with E-state index in [9.17, 15) is 4.79 Å². The molecule has 0 fully saturated rings. The van der Waals surface area contributed by atoms with Crippen molar-refractivity contribution >= 4 is 5.91 Å². The zero-order chi connectivity index (χ0) is 12.0. The van der Waals surface area contributed by atoms with Gasteiger partial charge in [-0.1, -0.05) is 50.6 Å². The zero-order valence-electron chi connectivity index (χ0n) is 9.94. The Kier molecular flexibility index (Phi) is 4.99. The van der Waals surface area contributed by atoms with Crippen LogP contribution in [0.1, 0.15) is 25.8 Å². The van der Waals surface area contributed by atoms with Crippen LogP contribution in [0.15, 0.2) is 30.3 Å². The van der Waals surface area contributed by atoms with Crippen molar-refractivity contribution in [3.8, 4) is 0 Å². The van der Waals surface area contributed by atoms with Crippen LogP contribution >= 0.6 is 0 Å². The molecule has 2 unspecified atom stereocenters. The summed E-state index contributed by atoms with van der Waals surface area (Å²) in [5, 5.41) is 2.85. The van der Waals surface area contributed by atoms with Crippen molar-refractivity contribution in [3.63, 3.8) is 0 Å². The van der Waals surface area contributed by atoms with Gasteiger partial charge >= 0.3 is 0 Å². The predicted octanol–water partition coefficient (Wildman–Crippen LogP) is 1.68. The van der Waals surface area contributed by atoms with E-state index < -0.39 is 6.04 Å². The zero-order valence-corrected chi connectivity index (χ0v) is 9.94. The number of amides is 1. The Morgan fingerprint density at radius 1 is 1.38 bits per heavy atom. The Morgan fingerprint density at radius 3 is 2.56 bits per heavy atom. The summed E-state index contributed by atoms with van der Waals surface area (Å²) >= 11 is 0. The van der Waals surface area contributed by atoms with E-state index in [1.165, 1.54) is 0 Å². The summed E-state index contributed by atoms with van der Waals surface area (Å²) in [5.41, 5.74) is 6.91. The molecule has 3 nitrogen and oxygen atoms in total. The van der Waals surface area contributed by atoms with Crippen molar-refractivity contribution < 1.29 is 4.79 Å².